The van der Waals surface area contributed by atoms with Crippen LogP contribution >= 0.6 is 0 Å². The number of nitrogens with one attached hydrogen (secondary N) is 2. The lowest BCUT2D eigenvalue weighted by Crippen LogP contribution is -2.15. The van der Waals surface area contributed by atoms with Gasteiger partial charge in [-0.2, -0.15) is 0 Å². The fraction of sp³-hybridized carbons (Fsp3) is 0.500. The van der Waals surface area contributed by atoms with Crippen molar-refractivity contribution in [1.29, 1.82) is 0 Å². The molecule has 1 amide bonds. The lowest BCUT2D eigenvalue weighted by atomic mass is 10.0. The Morgan fingerprint density at radius 3 is 3.00 bits per heavy atom. The predicted octanol–water partition coefficient (Wildman–Crippen LogP) is 2.23. The number of non-ortho nitro benzene ring substituents is 1. The maximum absolute atomic E-state index is 11.9. The quantitative estimate of drug-likeness (QED) is 0.638. The highest BCUT2D eigenvalue weighted by Crippen LogP contribution is 2.22. The van der Waals surface area contributed by atoms with Gasteiger partial charge in [0.1, 0.15) is 0 Å². The fourth-order valence-electron chi connectivity index (χ4n) is 2.37. The third-order valence-electron chi connectivity index (χ3n) is 3.65. The van der Waals surface area contributed by atoms with E-state index >= 15 is 0 Å². The van der Waals surface area contributed by atoms with E-state index in [1.165, 1.54) is 12.1 Å². The molecule has 6 heteroatoms. The van der Waals surface area contributed by atoms with Crippen LogP contribution in [0.25, 0.3) is 0 Å². The van der Waals surface area contributed by atoms with E-state index in [-0.39, 0.29) is 11.6 Å². The molecule has 1 unspecified atom stereocenters. The number of carbonyl (C=O) groups is 1. The Balaban J connectivity index is 1.92. The van der Waals surface area contributed by atoms with Crippen molar-refractivity contribution < 1.29 is 9.72 Å². The molecule has 1 aromatic carbocycles. The van der Waals surface area contributed by atoms with E-state index in [2.05, 4.69) is 10.6 Å². The van der Waals surface area contributed by atoms with Gasteiger partial charge in [-0.15, -0.1) is 0 Å². The molecular weight excluding hydrogens is 258 g/mol. The molecule has 1 atom stereocenters. The summed E-state index contributed by atoms with van der Waals surface area (Å²) >= 11 is 0. The topological polar surface area (TPSA) is 84.3 Å². The van der Waals surface area contributed by atoms with Crippen molar-refractivity contribution in [3.63, 3.8) is 0 Å². The van der Waals surface area contributed by atoms with Crippen molar-refractivity contribution in [2.24, 2.45) is 5.92 Å². The Labute approximate surface area is 117 Å². The van der Waals surface area contributed by atoms with Crippen LogP contribution in [0.15, 0.2) is 18.2 Å². The summed E-state index contributed by atoms with van der Waals surface area (Å²) in [5, 5.41) is 16.8. The summed E-state index contributed by atoms with van der Waals surface area (Å²) in [6.07, 6.45) is 2.42. The number of hydrogen-bond donors (Lipinski definition) is 2. The molecule has 0 spiro atoms. The second kappa shape index (κ2) is 6.47. The number of aryl methyl sites for hydroxylation is 1. The molecule has 2 N–H and O–H groups in total. The van der Waals surface area contributed by atoms with Gasteiger partial charge < -0.3 is 10.6 Å². The third kappa shape index (κ3) is 3.77. The van der Waals surface area contributed by atoms with E-state index in [9.17, 15) is 14.9 Å². The summed E-state index contributed by atoms with van der Waals surface area (Å²) in [6, 6.07) is 4.49. The maximum Gasteiger partial charge on any atom is 0.271 e. The van der Waals surface area contributed by atoms with E-state index in [1.54, 1.807) is 6.07 Å². The molecule has 0 aromatic heterocycles. The summed E-state index contributed by atoms with van der Waals surface area (Å²) in [5.41, 5.74) is 1.34. The number of nitro groups is 1. The number of nitro benzene ring substituents is 1. The highest BCUT2D eigenvalue weighted by molar-refractivity contribution is 5.91. The first-order valence-corrected chi connectivity index (χ1v) is 6.82. The van der Waals surface area contributed by atoms with Gasteiger partial charge in [-0.3, -0.25) is 14.9 Å². The average Bonchev–Trinajstić information content (AvgIpc) is 2.92. The summed E-state index contributed by atoms with van der Waals surface area (Å²) in [4.78, 5) is 22.2. The highest BCUT2D eigenvalue weighted by atomic mass is 16.6. The van der Waals surface area contributed by atoms with Crippen LogP contribution in [-0.4, -0.2) is 23.9 Å². The molecule has 1 aliphatic heterocycles. The third-order valence-corrected chi connectivity index (χ3v) is 3.65. The van der Waals surface area contributed by atoms with E-state index < -0.39 is 4.92 Å². The Hall–Kier alpha value is -1.95. The van der Waals surface area contributed by atoms with Gasteiger partial charge in [-0.25, -0.2) is 0 Å². The predicted molar refractivity (Wildman–Crippen MR) is 76.7 cm³/mol. The van der Waals surface area contributed by atoms with Gasteiger partial charge in [0.05, 0.1) is 10.6 Å². The molecule has 1 aromatic rings. The second-order valence-corrected chi connectivity index (χ2v) is 5.20. The van der Waals surface area contributed by atoms with Gasteiger partial charge in [-0.1, -0.05) is 6.07 Å². The average molecular weight is 277 g/mol. The SMILES string of the molecule is Cc1ccc([N+](=O)[O-])cc1NC(=O)CCC1CCNC1. The summed E-state index contributed by atoms with van der Waals surface area (Å²) in [6.45, 7) is 3.82. The van der Waals surface area contributed by atoms with Crippen LogP contribution in [0.2, 0.25) is 0 Å². The van der Waals surface area contributed by atoms with Crippen LogP contribution in [0, 0.1) is 23.0 Å². The van der Waals surface area contributed by atoms with Gasteiger partial charge in [0.25, 0.3) is 5.69 Å². The first kappa shape index (κ1) is 14.5. The minimum atomic E-state index is -0.459. The molecular formula is C14H19N3O3. The largest absolute Gasteiger partial charge is 0.326 e. The molecule has 6 nitrogen and oxygen atoms in total. The van der Waals surface area contributed by atoms with Crippen molar-refractivity contribution in [1.82, 2.24) is 5.32 Å². The van der Waals surface area contributed by atoms with Crippen LogP contribution in [0.1, 0.15) is 24.8 Å². The number of anilines is 1. The van der Waals surface area contributed by atoms with Crippen molar-refractivity contribution in [2.75, 3.05) is 18.4 Å². The summed E-state index contributed by atoms with van der Waals surface area (Å²) in [7, 11) is 0. The molecule has 0 aliphatic carbocycles. The maximum atomic E-state index is 11.9. The number of carbonyl (C=O) groups excluding carboxylic acids is 1. The monoisotopic (exact) mass is 277 g/mol. The molecule has 1 fully saturated rings. The normalized spacial score (nSPS) is 17.9. The smallest absolute Gasteiger partial charge is 0.271 e. The van der Waals surface area contributed by atoms with Crippen molar-refractivity contribution in [2.45, 2.75) is 26.2 Å². The van der Waals surface area contributed by atoms with Gasteiger partial charge in [0.15, 0.2) is 0 Å². The van der Waals surface area contributed by atoms with Gasteiger partial charge in [0, 0.05) is 18.6 Å². The number of hydrogen-bond acceptors (Lipinski definition) is 4. The van der Waals surface area contributed by atoms with Crippen LogP contribution in [-0.2, 0) is 4.79 Å². The van der Waals surface area contributed by atoms with Crippen molar-refractivity contribution >= 4 is 17.3 Å². The summed E-state index contributed by atoms with van der Waals surface area (Å²) < 4.78 is 0. The molecule has 20 heavy (non-hydrogen) atoms. The lowest BCUT2D eigenvalue weighted by molar-refractivity contribution is -0.384. The summed E-state index contributed by atoms with van der Waals surface area (Å²) in [5.74, 6) is 0.479. The first-order valence-electron chi connectivity index (χ1n) is 6.82. The second-order valence-electron chi connectivity index (χ2n) is 5.20. The highest BCUT2D eigenvalue weighted by Gasteiger charge is 2.16. The Kier molecular flexibility index (Phi) is 4.68. The zero-order valence-electron chi connectivity index (χ0n) is 11.5. The van der Waals surface area contributed by atoms with Crippen molar-refractivity contribution in [3.05, 3.63) is 33.9 Å². The van der Waals surface area contributed by atoms with E-state index in [4.69, 9.17) is 0 Å². The number of nitrogens with zero attached hydrogens (tertiary/aromatic N) is 1. The minimum absolute atomic E-state index is 0.00843. The fourth-order valence-corrected chi connectivity index (χ4v) is 2.37. The Bertz CT molecular complexity index is 510. The van der Waals surface area contributed by atoms with Crippen LogP contribution in [0.4, 0.5) is 11.4 Å². The number of rotatable bonds is 5. The lowest BCUT2D eigenvalue weighted by Gasteiger charge is -2.10. The number of benzene rings is 1. The van der Waals surface area contributed by atoms with Crippen LogP contribution in [0.3, 0.4) is 0 Å². The standard InChI is InChI=1S/C14H19N3O3/c1-10-2-4-12(17(19)20)8-13(10)16-14(18)5-3-11-6-7-15-9-11/h2,4,8,11,15H,3,5-7,9H2,1H3,(H,16,18). The molecule has 1 saturated heterocycles. The first-order chi connectivity index (χ1) is 9.56. The zero-order valence-corrected chi connectivity index (χ0v) is 11.5. The van der Waals surface area contributed by atoms with E-state index in [0.717, 1.165) is 31.5 Å². The van der Waals surface area contributed by atoms with Gasteiger partial charge in [0.2, 0.25) is 5.91 Å². The molecule has 2 rings (SSSR count). The molecule has 1 heterocycles. The molecule has 108 valence electrons. The van der Waals surface area contributed by atoms with E-state index in [1.807, 2.05) is 6.92 Å². The van der Waals surface area contributed by atoms with E-state index in [0.29, 0.717) is 18.0 Å². The zero-order chi connectivity index (χ0) is 14.5. The van der Waals surface area contributed by atoms with Crippen LogP contribution in [0.5, 0.6) is 0 Å². The molecule has 0 bridgehead atoms. The van der Waals surface area contributed by atoms with Crippen molar-refractivity contribution in [3.8, 4) is 0 Å². The van der Waals surface area contributed by atoms with Gasteiger partial charge in [-0.05, 0) is 44.3 Å². The van der Waals surface area contributed by atoms with Crippen LogP contribution < -0.4 is 10.6 Å². The molecule has 0 saturated carbocycles. The number of amides is 1. The Morgan fingerprint density at radius 2 is 2.35 bits per heavy atom. The van der Waals surface area contributed by atoms with Gasteiger partial charge >= 0.3 is 0 Å². The molecule has 0 radical (unpaired) electrons. The Morgan fingerprint density at radius 1 is 1.55 bits per heavy atom. The minimum Gasteiger partial charge on any atom is -0.326 e. The molecule has 1 aliphatic rings.